The van der Waals surface area contributed by atoms with E-state index in [1.54, 1.807) is 18.2 Å². The molecule has 0 bridgehead atoms. The second kappa shape index (κ2) is 8.37. The number of anilines is 1. The maximum atomic E-state index is 12.9. The van der Waals surface area contributed by atoms with Gasteiger partial charge in [-0.25, -0.2) is 0 Å². The van der Waals surface area contributed by atoms with Gasteiger partial charge in [-0.2, -0.15) is 18.3 Å². The lowest BCUT2D eigenvalue weighted by Gasteiger charge is -2.14. The number of hydrogen-bond donors (Lipinski definition) is 2. The Bertz CT molecular complexity index is 1270. The predicted molar refractivity (Wildman–Crippen MR) is 114 cm³/mol. The van der Waals surface area contributed by atoms with Crippen molar-refractivity contribution < 1.29 is 22.9 Å². The number of hydrogen-bond acceptors (Lipinski definition) is 6. The van der Waals surface area contributed by atoms with Crippen molar-refractivity contribution in [3.8, 4) is 11.3 Å². The maximum Gasteiger partial charge on any atom is 0.416 e. The van der Waals surface area contributed by atoms with Gasteiger partial charge < -0.3 is 10.3 Å². The summed E-state index contributed by atoms with van der Waals surface area (Å²) in [5.74, 6) is -0.144. The van der Waals surface area contributed by atoms with Gasteiger partial charge in [0.15, 0.2) is 0 Å². The van der Waals surface area contributed by atoms with E-state index in [0.29, 0.717) is 30.3 Å². The quantitative estimate of drug-likeness (QED) is 0.343. The average molecular weight is 458 g/mol. The van der Waals surface area contributed by atoms with Crippen LogP contribution in [0.1, 0.15) is 27.3 Å². The number of carbonyl (C=O) groups excluding carboxylic acids is 1. The molecule has 1 aliphatic heterocycles. The molecule has 0 radical (unpaired) electrons. The first kappa shape index (κ1) is 22.0. The van der Waals surface area contributed by atoms with Crippen molar-refractivity contribution in [1.82, 2.24) is 15.3 Å². The maximum absolute atomic E-state index is 12.9. The van der Waals surface area contributed by atoms with Crippen molar-refractivity contribution >= 4 is 23.5 Å². The van der Waals surface area contributed by atoms with E-state index in [9.17, 15) is 28.1 Å². The Labute approximate surface area is 185 Å². The highest BCUT2D eigenvalue weighted by Gasteiger charge is 2.33. The van der Waals surface area contributed by atoms with Crippen LogP contribution in [0.15, 0.2) is 47.7 Å². The van der Waals surface area contributed by atoms with Crippen LogP contribution >= 0.6 is 0 Å². The van der Waals surface area contributed by atoms with E-state index in [2.05, 4.69) is 20.4 Å². The van der Waals surface area contributed by atoms with Gasteiger partial charge in [0.2, 0.25) is 0 Å². The van der Waals surface area contributed by atoms with Gasteiger partial charge in [-0.3, -0.25) is 24.9 Å². The number of benzene rings is 1. The monoisotopic (exact) mass is 458 g/mol. The van der Waals surface area contributed by atoms with Crippen molar-refractivity contribution in [1.29, 1.82) is 0 Å². The van der Waals surface area contributed by atoms with Gasteiger partial charge in [0.1, 0.15) is 5.69 Å². The number of alkyl halides is 3. The molecule has 0 spiro atoms. The van der Waals surface area contributed by atoms with Crippen molar-refractivity contribution in [3.63, 3.8) is 0 Å². The number of aromatic nitrogens is 2. The summed E-state index contributed by atoms with van der Waals surface area (Å²) < 4.78 is 38.7. The summed E-state index contributed by atoms with van der Waals surface area (Å²) in [7, 11) is 1.38. The number of carbonyl (C=O) groups is 1. The molecular weight excluding hydrogens is 441 g/mol. The third kappa shape index (κ3) is 4.54. The number of nitro benzene ring substituents is 1. The number of fused-ring (bicyclic) bond motifs is 1. The van der Waals surface area contributed by atoms with Crippen LogP contribution in [0.4, 0.5) is 24.5 Å². The molecule has 4 rings (SSSR count). The van der Waals surface area contributed by atoms with E-state index < -0.39 is 22.4 Å². The first-order valence-corrected chi connectivity index (χ1v) is 9.73. The van der Waals surface area contributed by atoms with Crippen LogP contribution in [-0.2, 0) is 12.6 Å². The Balaban J connectivity index is 1.59. The van der Waals surface area contributed by atoms with E-state index in [-0.39, 0.29) is 11.6 Å². The molecule has 0 fully saturated rings. The number of nitro groups is 1. The largest absolute Gasteiger partial charge is 0.416 e. The molecule has 3 aromatic rings. The Morgan fingerprint density at radius 1 is 1.24 bits per heavy atom. The second-order valence-electron chi connectivity index (χ2n) is 7.28. The molecule has 0 unspecified atom stereocenters. The number of pyridine rings is 1. The van der Waals surface area contributed by atoms with E-state index in [1.807, 2.05) is 0 Å². The minimum Gasteiger partial charge on any atom is -0.358 e. The number of H-pyrrole nitrogens is 1. The highest BCUT2D eigenvalue weighted by Crippen LogP contribution is 2.36. The summed E-state index contributed by atoms with van der Waals surface area (Å²) in [6.07, 6.45) is -1.14. The van der Waals surface area contributed by atoms with Crippen LogP contribution in [0.2, 0.25) is 0 Å². The normalized spacial score (nSPS) is 13.6. The SMILES string of the molecule is CN(N=Cc1cc(-c2cc3c([nH]2)CCNC3=O)ccn1)c1ccc(C(F)(F)F)cc1[N+](=O)[O-]. The third-order valence-electron chi connectivity index (χ3n) is 5.11. The van der Waals surface area contributed by atoms with Crippen LogP contribution in [0, 0.1) is 10.1 Å². The zero-order valence-corrected chi connectivity index (χ0v) is 17.2. The van der Waals surface area contributed by atoms with Crippen LogP contribution in [-0.4, -0.2) is 40.6 Å². The van der Waals surface area contributed by atoms with Crippen molar-refractivity contribution in [2.75, 3.05) is 18.6 Å². The smallest absolute Gasteiger partial charge is 0.358 e. The highest BCUT2D eigenvalue weighted by atomic mass is 19.4. The van der Waals surface area contributed by atoms with Gasteiger partial charge in [-0.15, -0.1) is 0 Å². The summed E-state index contributed by atoms with van der Waals surface area (Å²) in [5, 5.41) is 19.3. The lowest BCUT2D eigenvalue weighted by Crippen LogP contribution is -2.31. The summed E-state index contributed by atoms with van der Waals surface area (Å²) in [5.41, 5.74) is 1.35. The fourth-order valence-corrected chi connectivity index (χ4v) is 3.46. The molecule has 2 N–H and O–H groups in total. The van der Waals surface area contributed by atoms with Gasteiger partial charge >= 0.3 is 6.18 Å². The van der Waals surface area contributed by atoms with E-state index in [4.69, 9.17) is 0 Å². The van der Waals surface area contributed by atoms with E-state index in [0.717, 1.165) is 34.1 Å². The number of nitrogens with zero attached hydrogens (tertiary/aromatic N) is 4. The number of nitrogens with one attached hydrogen (secondary N) is 2. The van der Waals surface area contributed by atoms with Crippen molar-refractivity contribution in [2.24, 2.45) is 5.10 Å². The molecule has 0 aliphatic carbocycles. The van der Waals surface area contributed by atoms with E-state index >= 15 is 0 Å². The fourth-order valence-electron chi connectivity index (χ4n) is 3.46. The third-order valence-corrected chi connectivity index (χ3v) is 5.11. The highest BCUT2D eigenvalue weighted by molar-refractivity contribution is 5.97. The van der Waals surface area contributed by atoms with Crippen LogP contribution in [0.5, 0.6) is 0 Å². The second-order valence-corrected chi connectivity index (χ2v) is 7.28. The van der Waals surface area contributed by atoms with Crippen molar-refractivity contribution in [3.05, 3.63) is 75.2 Å². The summed E-state index contributed by atoms with van der Waals surface area (Å²) >= 11 is 0. The molecule has 12 heteroatoms. The van der Waals surface area contributed by atoms with Crippen LogP contribution < -0.4 is 10.3 Å². The first-order valence-electron chi connectivity index (χ1n) is 9.73. The van der Waals surface area contributed by atoms with Gasteiger partial charge in [0, 0.05) is 49.2 Å². The molecule has 0 saturated heterocycles. The number of hydrazone groups is 1. The molecule has 1 aromatic carbocycles. The molecular formula is C21H17F3N6O3. The molecule has 9 nitrogen and oxygen atoms in total. The molecule has 1 aliphatic rings. The van der Waals surface area contributed by atoms with Gasteiger partial charge in [0.05, 0.1) is 28.0 Å². The number of halogens is 3. The van der Waals surface area contributed by atoms with Gasteiger partial charge in [-0.05, 0) is 30.3 Å². The summed E-state index contributed by atoms with van der Waals surface area (Å²) in [4.78, 5) is 29.8. The Morgan fingerprint density at radius 2 is 2.03 bits per heavy atom. The molecule has 2 aromatic heterocycles. The van der Waals surface area contributed by atoms with Gasteiger partial charge in [-0.1, -0.05) is 0 Å². The Morgan fingerprint density at radius 3 is 2.73 bits per heavy atom. The number of rotatable bonds is 5. The lowest BCUT2D eigenvalue weighted by atomic mass is 10.1. The predicted octanol–water partition coefficient (Wildman–Crippen LogP) is 3.76. The van der Waals surface area contributed by atoms with Gasteiger partial charge in [0.25, 0.3) is 11.6 Å². The minimum atomic E-state index is -4.70. The van der Waals surface area contributed by atoms with Crippen molar-refractivity contribution in [2.45, 2.75) is 12.6 Å². The standard InChI is InChI=1S/C21H17F3N6O3/c1-29(18-3-2-13(21(22,23)24)9-19(18)30(32)33)27-11-14-8-12(4-6-25-14)17-10-15-16(28-17)5-7-26-20(15)31/h2-4,6,8-11,28H,5,7H2,1H3,(H,26,31). The molecule has 170 valence electrons. The zero-order chi connectivity index (χ0) is 23.8. The first-order chi connectivity index (χ1) is 15.6. The molecule has 0 atom stereocenters. The van der Waals surface area contributed by atoms with E-state index in [1.165, 1.54) is 19.5 Å². The average Bonchev–Trinajstić information content (AvgIpc) is 3.22. The molecule has 0 saturated carbocycles. The lowest BCUT2D eigenvalue weighted by molar-refractivity contribution is -0.384. The van der Waals surface area contributed by atoms with Crippen LogP contribution in [0.3, 0.4) is 0 Å². The Kier molecular flexibility index (Phi) is 5.58. The zero-order valence-electron chi connectivity index (χ0n) is 17.2. The molecule has 33 heavy (non-hydrogen) atoms. The number of aromatic amines is 1. The number of amides is 1. The fraction of sp³-hybridized carbons (Fsp3) is 0.190. The Hall–Kier alpha value is -4.22. The summed E-state index contributed by atoms with van der Waals surface area (Å²) in [6, 6.07) is 7.43. The molecule has 3 heterocycles. The minimum absolute atomic E-state index is 0.108. The van der Waals surface area contributed by atoms with Crippen LogP contribution in [0.25, 0.3) is 11.3 Å². The topological polar surface area (TPSA) is 117 Å². The molecule has 1 amide bonds. The summed E-state index contributed by atoms with van der Waals surface area (Å²) in [6.45, 7) is 0.558.